The van der Waals surface area contributed by atoms with E-state index in [0.29, 0.717) is 18.6 Å². The van der Waals surface area contributed by atoms with Crippen molar-refractivity contribution in [3.8, 4) is 11.4 Å². The zero-order chi connectivity index (χ0) is 14.5. The Kier molecular flexibility index (Phi) is 4.40. The van der Waals surface area contributed by atoms with Gasteiger partial charge in [-0.1, -0.05) is 13.0 Å². The van der Waals surface area contributed by atoms with Crippen molar-refractivity contribution in [3.05, 3.63) is 41.7 Å². The number of carbonyl (C=O) groups excluding carboxylic acids is 1. The van der Waals surface area contributed by atoms with Crippen LogP contribution in [0.3, 0.4) is 0 Å². The third-order valence-electron chi connectivity index (χ3n) is 3.00. The van der Waals surface area contributed by atoms with Gasteiger partial charge in [-0.3, -0.25) is 0 Å². The van der Waals surface area contributed by atoms with Crippen molar-refractivity contribution in [1.29, 1.82) is 0 Å². The van der Waals surface area contributed by atoms with Crippen molar-refractivity contribution in [3.63, 3.8) is 0 Å². The van der Waals surface area contributed by atoms with Gasteiger partial charge in [-0.25, -0.2) is 9.48 Å². The Hall–Kier alpha value is -2.30. The first-order valence-electron chi connectivity index (χ1n) is 6.59. The lowest BCUT2D eigenvalue weighted by Crippen LogP contribution is -2.09. The summed E-state index contributed by atoms with van der Waals surface area (Å²) in [5.41, 5.74) is 2.20. The van der Waals surface area contributed by atoms with Crippen molar-refractivity contribution in [2.45, 2.75) is 20.3 Å². The van der Waals surface area contributed by atoms with E-state index in [1.165, 1.54) is 0 Å². The van der Waals surface area contributed by atoms with Crippen LogP contribution in [0.15, 0.2) is 30.5 Å². The number of hydrogen-bond donors (Lipinski definition) is 0. The summed E-state index contributed by atoms with van der Waals surface area (Å²) in [6, 6.07) is 7.55. The molecule has 5 nitrogen and oxygen atoms in total. The molecule has 0 aliphatic rings. The normalized spacial score (nSPS) is 10.3. The summed E-state index contributed by atoms with van der Waals surface area (Å²) in [5.74, 6) is 0.413. The van der Waals surface area contributed by atoms with Gasteiger partial charge in [-0.05, 0) is 25.5 Å². The molecule has 0 N–H and O–H groups in total. The summed E-state index contributed by atoms with van der Waals surface area (Å²) in [4.78, 5) is 11.9. The third-order valence-corrected chi connectivity index (χ3v) is 3.00. The van der Waals surface area contributed by atoms with Crippen LogP contribution in [-0.4, -0.2) is 29.5 Å². The van der Waals surface area contributed by atoms with Crippen molar-refractivity contribution in [2.24, 2.45) is 0 Å². The minimum Gasteiger partial charge on any atom is -0.497 e. The van der Waals surface area contributed by atoms with Crippen molar-refractivity contribution in [2.75, 3.05) is 13.7 Å². The van der Waals surface area contributed by atoms with Gasteiger partial charge in [0.25, 0.3) is 0 Å². The van der Waals surface area contributed by atoms with Gasteiger partial charge in [0.15, 0.2) is 0 Å². The van der Waals surface area contributed by atoms with Crippen LogP contribution in [0.2, 0.25) is 0 Å². The molecule has 2 aromatic rings. The lowest BCUT2D eigenvalue weighted by Gasteiger charge is -2.09. The predicted molar refractivity (Wildman–Crippen MR) is 75.5 cm³/mol. The molecule has 0 saturated carbocycles. The average Bonchev–Trinajstić information content (AvgIpc) is 2.91. The van der Waals surface area contributed by atoms with Crippen LogP contribution in [0.4, 0.5) is 0 Å². The van der Waals surface area contributed by atoms with Crippen molar-refractivity contribution < 1.29 is 14.3 Å². The highest BCUT2D eigenvalue weighted by molar-refractivity contribution is 5.90. The molecule has 0 aliphatic heterocycles. The van der Waals surface area contributed by atoms with E-state index in [4.69, 9.17) is 9.47 Å². The Morgan fingerprint density at radius 1 is 1.35 bits per heavy atom. The first kappa shape index (κ1) is 14.1. The summed E-state index contributed by atoms with van der Waals surface area (Å²) in [6.07, 6.45) is 2.24. The van der Waals surface area contributed by atoms with Crippen molar-refractivity contribution in [1.82, 2.24) is 9.78 Å². The Balaban J connectivity index is 2.44. The SMILES string of the molecule is CCOC(=O)c1cnn(-c2cccc(OC)c2)c1CC. The second-order valence-electron chi connectivity index (χ2n) is 4.19. The summed E-state index contributed by atoms with van der Waals surface area (Å²) in [5, 5.41) is 4.30. The molecule has 1 heterocycles. The van der Waals surface area contributed by atoms with Gasteiger partial charge in [-0.2, -0.15) is 5.10 Å². The van der Waals surface area contributed by atoms with E-state index in [9.17, 15) is 4.79 Å². The Morgan fingerprint density at radius 2 is 2.15 bits per heavy atom. The summed E-state index contributed by atoms with van der Waals surface area (Å²) >= 11 is 0. The smallest absolute Gasteiger partial charge is 0.341 e. The quantitative estimate of drug-likeness (QED) is 0.786. The largest absolute Gasteiger partial charge is 0.497 e. The number of carbonyl (C=O) groups is 1. The number of ether oxygens (including phenoxy) is 2. The Labute approximate surface area is 118 Å². The molecule has 2 rings (SSSR count). The van der Waals surface area contributed by atoms with Crippen LogP contribution in [0.25, 0.3) is 5.69 Å². The van der Waals surface area contributed by atoms with Crippen LogP contribution in [0.1, 0.15) is 29.9 Å². The average molecular weight is 274 g/mol. The van der Waals surface area contributed by atoms with E-state index in [-0.39, 0.29) is 5.97 Å². The lowest BCUT2D eigenvalue weighted by atomic mass is 10.2. The number of hydrogen-bond acceptors (Lipinski definition) is 4. The number of benzene rings is 1. The van der Waals surface area contributed by atoms with E-state index in [0.717, 1.165) is 17.1 Å². The van der Waals surface area contributed by atoms with Crippen LogP contribution < -0.4 is 4.74 Å². The molecule has 0 bridgehead atoms. The van der Waals surface area contributed by atoms with Crippen LogP contribution in [0, 0.1) is 0 Å². The number of methoxy groups -OCH3 is 1. The van der Waals surface area contributed by atoms with E-state index >= 15 is 0 Å². The third kappa shape index (κ3) is 2.66. The monoisotopic (exact) mass is 274 g/mol. The molecule has 0 spiro atoms. The minimum absolute atomic E-state index is 0.335. The minimum atomic E-state index is -0.335. The fourth-order valence-electron chi connectivity index (χ4n) is 2.06. The van der Waals surface area contributed by atoms with Gasteiger partial charge >= 0.3 is 5.97 Å². The maximum absolute atomic E-state index is 11.9. The molecular formula is C15H18N2O3. The fraction of sp³-hybridized carbons (Fsp3) is 0.333. The molecular weight excluding hydrogens is 256 g/mol. The molecule has 0 fully saturated rings. The first-order valence-corrected chi connectivity index (χ1v) is 6.59. The number of aromatic nitrogens is 2. The Bertz CT molecular complexity index is 605. The first-order chi connectivity index (χ1) is 9.71. The van der Waals surface area contributed by atoms with Crippen LogP contribution >= 0.6 is 0 Å². The highest BCUT2D eigenvalue weighted by Crippen LogP contribution is 2.20. The molecule has 0 aliphatic carbocycles. The van der Waals surface area contributed by atoms with Crippen LogP contribution in [-0.2, 0) is 11.2 Å². The molecule has 0 radical (unpaired) electrons. The second-order valence-corrected chi connectivity index (χ2v) is 4.19. The van der Waals surface area contributed by atoms with E-state index in [1.54, 1.807) is 24.9 Å². The molecule has 0 saturated heterocycles. The zero-order valence-corrected chi connectivity index (χ0v) is 11.9. The lowest BCUT2D eigenvalue weighted by molar-refractivity contribution is 0.0525. The Morgan fingerprint density at radius 3 is 2.80 bits per heavy atom. The van der Waals surface area contributed by atoms with E-state index in [2.05, 4.69) is 5.10 Å². The number of nitrogens with zero attached hydrogens (tertiary/aromatic N) is 2. The maximum atomic E-state index is 11.9. The van der Waals surface area contributed by atoms with Crippen LogP contribution in [0.5, 0.6) is 5.75 Å². The summed E-state index contributed by atoms with van der Waals surface area (Å²) < 4.78 is 12.0. The predicted octanol–water partition coefficient (Wildman–Crippen LogP) is 2.62. The van der Waals surface area contributed by atoms with Gasteiger partial charge in [0.05, 0.1) is 31.3 Å². The maximum Gasteiger partial charge on any atom is 0.341 e. The molecule has 1 aromatic carbocycles. The van der Waals surface area contributed by atoms with Gasteiger partial charge in [0.2, 0.25) is 0 Å². The highest BCUT2D eigenvalue weighted by atomic mass is 16.5. The molecule has 0 atom stereocenters. The zero-order valence-electron chi connectivity index (χ0n) is 11.9. The van der Waals surface area contributed by atoms with E-state index < -0.39 is 0 Å². The standard InChI is InChI=1S/C15H18N2O3/c1-4-14-13(15(18)20-5-2)10-16-17(14)11-7-6-8-12(9-11)19-3/h6-10H,4-5H2,1-3H3. The van der Waals surface area contributed by atoms with Gasteiger partial charge < -0.3 is 9.47 Å². The molecule has 1 aromatic heterocycles. The topological polar surface area (TPSA) is 53.3 Å². The summed E-state index contributed by atoms with van der Waals surface area (Å²) in [7, 11) is 1.62. The number of esters is 1. The fourth-order valence-corrected chi connectivity index (χ4v) is 2.06. The molecule has 0 unspecified atom stereocenters. The van der Waals surface area contributed by atoms with Gasteiger partial charge in [0.1, 0.15) is 11.3 Å². The second kappa shape index (κ2) is 6.23. The molecule has 5 heteroatoms. The van der Waals surface area contributed by atoms with E-state index in [1.807, 2.05) is 31.2 Å². The van der Waals surface area contributed by atoms with Gasteiger partial charge in [0, 0.05) is 6.07 Å². The van der Waals surface area contributed by atoms with Crippen molar-refractivity contribution >= 4 is 5.97 Å². The highest BCUT2D eigenvalue weighted by Gasteiger charge is 2.18. The van der Waals surface area contributed by atoms with Gasteiger partial charge in [-0.15, -0.1) is 0 Å². The molecule has 20 heavy (non-hydrogen) atoms. The summed E-state index contributed by atoms with van der Waals surface area (Å²) in [6.45, 7) is 4.12. The molecule has 0 amide bonds. The molecule has 106 valence electrons. The number of rotatable bonds is 5.